The average molecular weight is 368 g/mol. The first kappa shape index (κ1) is 18.3. The molecule has 0 N–H and O–H groups in total. The second-order valence-electron chi connectivity index (χ2n) is 5.16. The molecule has 0 atom stereocenters. The number of rotatable bonds is 5. The van der Waals surface area contributed by atoms with Gasteiger partial charge >= 0.3 is 0 Å². The molecule has 2 rings (SSSR count). The van der Waals surface area contributed by atoms with Crippen molar-refractivity contribution >= 4 is 35.2 Å². The fourth-order valence-electron chi connectivity index (χ4n) is 2.06. The molecule has 0 aromatic heterocycles. The van der Waals surface area contributed by atoms with Gasteiger partial charge in [0.2, 0.25) is 5.91 Å². The van der Waals surface area contributed by atoms with Crippen LogP contribution in [-0.4, -0.2) is 25.0 Å². The van der Waals surface area contributed by atoms with Gasteiger partial charge in [-0.25, -0.2) is 4.39 Å². The lowest BCUT2D eigenvalue weighted by atomic mass is 10.2. The number of likely N-dealkylation sites (N-methyl/N-ethyl adjacent to an activating group) is 1. The van der Waals surface area contributed by atoms with E-state index in [1.54, 1.807) is 37.4 Å². The normalized spacial score (nSPS) is 10.9. The third-order valence-electron chi connectivity index (χ3n) is 3.39. The lowest BCUT2D eigenvalue weighted by Crippen LogP contribution is -2.24. The molecule has 2 aromatic carbocycles. The van der Waals surface area contributed by atoms with Gasteiger partial charge < -0.3 is 9.64 Å². The Hall–Kier alpha value is -2.04. The van der Waals surface area contributed by atoms with E-state index in [9.17, 15) is 9.18 Å². The van der Waals surface area contributed by atoms with Crippen LogP contribution < -0.4 is 4.74 Å². The minimum Gasteiger partial charge on any atom is -0.494 e. The summed E-state index contributed by atoms with van der Waals surface area (Å²) in [6, 6.07) is 9.61. The maximum absolute atomic E-state index is 13.6. The molecule has 0 aliphatic heterocycles. The summed E-state index contributed by atoms with van der Waals surface area (Å²) in [4.78, 5) is 13.7. The molecule has 6 heteroatoms. The molecule has 0 saturated carbocycles. The molecule has 0 aliphatic rings. The van der Waals surface area contributed by atoms with Gasteiger partial charge in [0.25, 0.3) is 0 Å². The fraction of sp³-hybridized carbons (Fsp3) is 0.167. The van der Waals surface area contributed by atoms with Gasteiger partial charge in [-0.15, -0.1) is 0 Å². The SMILES string of the molecule is COc1ccc(/C=C/C(=O)N(C)Cc2ccc(Cl)cc2Cl)cc1F. The highest BCUT2D eigenvalue weighted by Gasteiger charge is 2.09. The Bertz CT molecular complexity index is 778. The van der Waals surface area contributed by atoms with E-state index in [4.69, 9.17) is 27.9 Å². The van der Waals surface area contributed by atoms with E-state index in [1.165, 1.54) is 30.2 Å². The van der Waals surface area contributed by atoms with Crippen LogP contribution in [-0.2, 0) is 11.3 Å². The number of benzene rings is 2. The van der Waals surface area contributed by atoms with Crippen LogP contribution in [0.1, 0.15) is 11.1 Å². The molecule has 0 radical (unpaired) electrons. The van der Waals surface area contributed by atoms with Crippen LogP contribution in [0.2, 0.25) is 10.0 Å². The number of amides is 1. The molecule has 0 bridgehead atoms. The lowest BCUT2D eigenvalue weighted by Gasteiger charge is -2.16. The van der Waals surface area contributed by atoms with Crippen molar-refractivity contribution in [3.8, 4) is 5.75 Å². The summed E-state index contributed by atoms with van der Waals surface area (Å²) in [5, 5.41) is 1.04. The van der Waals surface area contributed by atoms with Crippen LogP contribution in [0.15, 0.2) is 42.5 Å². The summed E-state index contributed by atoms with van der Waals surface area (Å²) >= 11 is 12.0. The Morgan fingerprint density at radius 2 is 2.00 bits per heavy atom. The van der Waals surface area contributed by atoms with Crippen molar-refractivity contribution in [1.82, 2.24) is 4.90 Å². The van der Waals surface area contributed by atoms with Crippen molar-refractivity contribution in [1.29, 1.82) is 0 Å². The predicted molar refractivity (Wildman–Crippen MR) is 94.9 cm³/mol. The molecule has 0 unspecified atom stereocenters. The Morgan fingerprint density at radius 1 is 1.25 bits per heavy atom. The van der Waals surface area contributed by atoms with E-state index in [-0.39, 0.29) is 11.7 Å². The zero-order valence-electron chi connectivity index (χ0n) is 13.2. The number of hydrogen-bond donors (Lipinski definition) is 0. The molecule has 1 amide bonds. The summed E-state index contributed by atoms with van der Waals surface area (Å²) in [5.41, 5.74) is 1.36. The number of halogens is 3. The van der Waals surface area contributed by atoms with Crippen LogP contribution in [0, 0.1) is 5.82 Å². The molecular weight excluding hydrogens is 352 g/mol. The summed E-state index contributed by atoms with van der Waals surface area (Å²) < 4.78 is 18.5. The first-order chi connectivity index (χ1) is 11.4. The highest BCUT2D eigenvalue weighted by Crippen LogP contribution is 2.22. The fourth-order valence-corrected chi connectivity index (χ4v) is 2.53. The molecule has 0 heterocycles. The summed E-state index contributed by atoms with van der Waals surface area (Å²) in [7, 11) is 3.06. The lowest BCUT2D eigenvalue weighted by molar-refractivity contribution is -0.125. The third-order valence-corrected chi connectivity index (χ3v) is 3.98. The number of carbonyl (C=O) groups excluding carboxylic acids is 1. The average Bonchev–Trinajstić information content (AvgIpc) is 2.55. The Balaban J connectivity index is 2.04. The molecule has 126 valence electrons. The van der Waals surface area contributed by atoms with Gasteiger partial charge in [-0.1, -0.05) is 35.3 Å². The topological polar surface area (TPSA) is 29.5 Å². The second-order valence-corrected chi connectivity index (χ2v) is 6.00. The van der Waals surface area contributed by atoms with Gasteiger partial charge in [0.15, 0.2) is 11.6 Å². The minimum absolute atomic E-state index is 0.160. The summed E-state index contributed by atoms with van der Waals surface area (Å²) in [6.45, 7) is 0.343. The van der Waals surface area contributed by atoms with Gasteiger partial charge in [-0.2, -0.15) is 0 Å². The molecule has 0 fully saturated rings. The van der Waals surface area contributed by atoms with E-state index in [0.717, 1.165) is 5.56 Å². The zero-order chi connectivity index (χ0) is 17.7. The van der Waals surface area contributed by atoms with Crippen molar-refractivity contribution in [2.75, 3.05) is 14.2 Å². The number of hydrogen-bond acceptors (Lipinski definition) is 2. The Morgan fingerprint density at radius 3 is 2.62 bits per heavy atom. The minimum atomic E-state index is -0.478. The van der Waals surface area contributed by atoms with E-state index in [0.29, 0.717) is 22.2 Å². The van der Waals surface area contributed by atoms with Gasteiger partial charge in [-0.3, -0.25) is 4.79 Å². The highest BCUT2D eigenvalue weighted by molar-refractivity contribution is 6.35. The predicted octanol–water partition coefficient (Wildman–Crippen LogP) is 4.81. The van der Waals surface area contributed by atoms with Crippen LogP contribution >= 0.6 is 23.2 Å². The summed E-state index contributed by atoms with van der Waals surface area (Å²) in [6.07, 6.45) is 2.93. The van der Waals surface area contributed by atoms with E-state index in [2.05, 4.69) is 0 Å². The third kappa shape index (κ3) is 4.73. The highest BCUT2D eigenvalue weighted by atomic mass is 35.5. The zero-order valence-corrected chi connectivity index (χ0v) is 14.7. The smallest absolute Gasteiger partial charge is 0.246 e. The number of ether oxygens (including phenoxy) is 1. The number of methoxy groups -OCH3 is 1. The maximum atomic E-state index is 13.6. The quantitative estimate of drug-likeness (QED) is 0.709. The van der Waals surface area contributed by atoms with Gasteiger partial charge in [0, 0.05) is 29.7 Å². The standard InChI is InChI=1S/C18H16Cl2FNO2/c1-22(11-13-5-6-14(19)10-15(13)20)18(23)8-4-12-3-7-17(24-2)16(21)9-12/h3-10H,11H2,1-2H3/b8-4+. The molecule has 3 nitrogen and oxygen atoms in total. The maximum Gasteiger partial charge on any atom is 0.246 e. The molecular formula is C18H16Cl2FNO2. The Kier molecular flexibility index (Phi) is 6.23. The van der Waals surface area contributed by atoms with Crippen molar-refractivity contribution in [2.45, 2.75) is 6.54 Å². The van der Waals surface area contributed by atoms with E-state index >= 15 is 0 Å². The van der Waals surface area contributed by atoms with E-state index in [1.807, 2.05) is 0 Å². The van der Waals surface area contributed by atoms with Crippen molar-refractivity contribution in [3.63, 3.8) is 0 Å². The molecule has 0 spiro atoms. The Labute approximate surface area is 150 Å². The monoisotopic (exact) mass is 367 g/mol. The largest absolute Gasteiger partial charge is 0.494 e. The number of carbonyl (C=O) groups is 1. The molecule has 0 saturated heterocycles. The molecule has 2 aromatic rings. The van der Waals surface area contributed by atoms with E-state index < -0.39 is 5.82 Å². The van der Waals surface area contributed by atoms with Gasteiger partial charge in [0.05, 0.1) is 7.11 Å². The van der Waals surface area contributed by atoms with Gasteiger partial charge in [0.1, 0.15) is 0 Å². The van der Waals surface area contributed by atoms with Gasteiger partial charge in [-0.05, 0) is 41.5 Å². The van der Waals surface area contributed by atoms with Crippen LogP contribution in [0.5, 0.6) is 5.75 Å². The van der Waals surface area contributed by atoms with Crippen LogP contribution in [0.4, 0.5) is 4.39 Å². The summed E-state index contributed by atoms with van der Waals surface area (Å²) in [5.74, 6) is -0.543. The van der Waals surface area contributed by atoms with Crippen molar-refractivity contribution in [2.24, 2.45) is 0 Å². The first-order valence-electron chi connectivity index (χ1n) is 7.11. The second kappa shape index (κ2) is 8.18. The molecule has 0 aliphatic carbocycles. The van der Waals surface area contributed by atoms with Crippen LogP contribution in [0.25, 0.3) is 6.08 Å². The first-order valence-corrected chi connectivity index (χ1v) is 7.87. The molecule has 24 heavy (non-hydrogen) atoms. The van der Waals surface area contributed by atoms with Crippen molar-refractivity contribution in [3.05, 3.63) is 69.5 Å². The van der Waals surface area contributed by atoms with Crippen molar-refractivity contribution < 1.29 is 13.9 Å². The number of nitrogens with zero attached hydrogens (tertiary/aromatic N) is 1. The van der Waals surface area contributed by atoms with Crippen LogP contribution in [0.3, 0.4) is 0 Å².